The van der Waals surface area contributed by atoms with E-state index in [9.17, 15) is 4.79 Å². The Morgan fingerprint density at radius 3 is 2.18 bits per heavy atom. The van der Waals surface area contributed by atoms with Crippen LogP contribution in [0.2, 0.25) is 0 Å². The molecule has 28 heavy (non-hydrogen) atoms. The van der Waals surface area contributed by atoms with E-state index >= 15 is 0 Å². The Kier molecular flexibility index (Phi) is 5.96. The van der Waals surface area contributed by atoms with Crippen molar-refractivity contribution in [3.05, 3.63) is 66.4 Å². The number of carbonyl (C=O) groups is 1. The molecule has 0 saturated carbocycles. The SMILES string of the molecule is COc1cccc(Nc2ccc(NC(=O)c3c(OC)cccc3OC)nc2)c1. The van der Waals surface area contributed by atoms with Gasteiger partial charge in [-0.1, -0.05) is 12.1 Å². The van der Waals surface area contributed by atoms with Crippen LogP contribution in [0.3, 0.4) is 0 Å². The number of anilines is 3. The third-order valence-corrected chi connectivity index (χ3v) is 4.02. The van der Waals surface area contributed by atoms with Crippen molar-refractivity contribution in [1.82, 2.24) is 4.98 Å². The van der Waals surface area contributed by atoms with E-state index in [0.29, 0.717) is 22.9 Å². The van der Waals surface area contributed by atoms with E-state index in [1.807, 2.05) is 30.3 Å². The Morgan fingerprint density at radius 1 is 0.857 bits per heavy atom. The first-order valence-corrected chi connectivity index (χ1v) is 8.54. The molecule has 3 aromatic rings. The van der Waals surface area contributed by atoms with Gasteiger partial charge in [0.25, 0.3) is 5.91 Å². The minimum atomic E-state index is -0.365. The molecule has 1 aromatic heterocycles. The molecule has 0 bridgehead atoms. The number of aromatic nitrogens is 1. The molecule has 3 rings (SSSR count). The van der Waals surface area contributed by atoms with E-state index in [-0.39, 0.29) is 5.91 Å². The first-order valence-electron chi connectivity index (χ1n) is 8.54. The van der Waals surface area contributed by atoms with Crippen LogP contribution in [0.25, 0.3) is 0 Å². The Balaban J connectivity index is 1.73. The van der Waals surface area contributed by atoms with Gasteiger partial charge in [0, 0.05) is 11.8 Å². The molecule has 0 aliphatic rings. The summed E-state index contributed by atoms with van der Waals surface area (Å²) < 4.78 is 15.8. The number of benzene rings is 2. The van der Waals surface area contributed by atoms with Gasteiger partial charge in [-0.3, -0.25) is 4.79 Å². The van der Waals surface area contributed by atoms with E-state index in [2.05, 4.69) is 15.6 Å². The molecule has 0 saturated heterocycles. The summed E-state index contributed by atoms with van der Waals surface area (Å²) in [6.45, 7) is 0. The fraction of sp³-hybridized carbons (Fsp3) is 0.143. The molecule has 0 unspecified atom stereocenters. The molecule has 0 fully saturated rings. The fourth-order valence-corrected chi connectivity index (χ4v) is 2.66. The lowest BCUT2D eigenvalue weighted by atomic mass is 10.1. The molecule has 2 N–H and O–H groups in total. The molecule has 0 spiro atoms. The van der Waals surface area contributed by atoms with E-state index in [0.717, 1.165) is 17.1 Å². The number of nitrogens with one attached hydrogen (secondary N) is 2. The zero-order valence-electron chi connectivity index (χ0n) is 15.9. The maximum Gasteiger partial charge on any atom is 0.264 e. The molecular formula is C21H21N3O4. The summed E-state index contributed by atoms with van der Waals surface area (Å²) in [4.78, 5) is 17.0. The number of nitrogens with zero attached hydrogens (tertiary/aromatic N) is 1. The van der Waals surface area contributed by atoms with Crippen LogP contribution in [0.4, 0.5) is 17.2 Å². The Bertz CT molecular complexity index is 936. The summed E-state index contributed by atoms with van der Waals surface area (Å²) in [6, 6.07) is 16.3. The number of rotatable bonds is 7. The second-order valence-corrected chi connectivity index (χ2v) is 5.78. The molecule has 1 heterocycles. The lowest BCUT2D eigenvalue weighted by Gasteiger charge is -2.13. The summed E-state index contributed by atoms with van der Waals surface area (Å²) in [6.07, 6.45) is 1.63. The molecule has 0 radical (unpaired) electrons. The summed E-state index contributed by atoms with van der Waals surface area (Å²) in [7, 11) is 4.63. The zero-order chi connectivity index (χ0) is 19.9. The normalized spacial score (nSPS) is 10.1. The van der Waals surface area contributed by atoms with Gasteiger partial charge < -0.3 is 24.8 Å². The van der Waals surface area contributed by atoms with Crippen molar-refractivity contribution in [3.63, 3.8) is 0 Å². The maximum atomic E-state index is 12.7. The second-order valence-electron chi connectivity index (χ2n) is 5.78. The van der Waals surface area contributed by atoms with Crippen LogP contribution < -0.4 is 24.8 Å². The number of hydrogen-bond acceptors (Lipinski definition) is 6. The second kappa shape index (κ2) is 8.77. The molecular weight excluding hydrogens is 358 g/mol. The molecule has 7 nitrogen and oxygen atoms in total. The largest absolute Gasteiger partial charge is 0.497 e. The minimum Gasteiger partial charge on any atom is -0.497 e. The van der Waals surface area contributed by atoms with E-state index in [1.165, 1.54) is 14.2 Å². The van der Waals surface area contributed by atoms with E-state index in [1.54, 1.807) is 37.6 Å². The molecule has 7 heteroatoms. The summed E-state index contributed by atoms with van der Waals surface area (Å²) in [5.74, 6) is 1.65. The van der Waals surface area contributed by atoms with Gasteiger partial charge in [0.15, 0.2) is 0 Å². The highest BCUT2D eigenvalue weighted by atomic mass is 16.5. The standard InChI is InChI=1S/C21H21N3O4/c1-26-16-7-4-6-14(12-16)23-15-10-11-19(22-13-15)24-21(25)20-17(27-2)8-5-9-18(20)28-3/h4-13,23H,1-3H3,(H,22,24,25). The van der Waals surface area contributed by atoms with Crippen molar-refractivity contribution in [2.75, 3.05) is 32.0 Å². The summed E-state index contributed by atoms with van der Waals surface area (Å²) in [5, 5.41) is 5.99. The average Bonchev–Trinajstić information content (AvgIpc) is 2.74. The topological polar surface area (TPSA) is 81.7 Å². The predicted octanol–water partition coefficient (Wildman–Crippen LogP) is 4.10. The van der Waals surface area contributed by atoms with Crippen LogP contribution in [-0.4, -0.2) is 32.2 Å². The van der Waals surface area contributed by atoms with Crippen molar-refractivity contribution >= 4 is 23.1 Å². The van der Waals surface area contributed by atoms with Gasteiger partial charge in [0.1, 0.15) is 28.6 Å². The van der Waals surface area contributed by atoms with Gasteiger partial charge in [-0.25, -0.2) is 4.98 Å². The van der Waals surface area contributed by atoms with Crippen molar-refractivity contribution < 1.29 is 19.0 Å². The van der Waals surface area contributed by atoms with Crippen molar-refractivity contribution in [1.29, 1.82) is 0 Å². The number of carbonyl (C=O) groups excluding carboxylic acids is 1. The van der Waals surface area contributed by atoms with Crippen LogP contribution in [-0.2, 0) is 0 Å². The third kappa shape index (κ3) is 4.32. The number of ether oxygens (including phenoxy) is 3. The molecule has 2 aromatic carbocycles. The highest BCUT2D eigenvalue weighted by molar-refractivity contribution is 6.07. The maximum absolute atomic E-state index is 12.7. The molecule has 0 atom stereocenters. The summed E-state index contributed by atoms with van der Waals surface area (Å²) >= 11 is 0. The number of pyridine rings is 1. The van der Waals surface area contributed by atoms with E-state index in [4.69, 9.17) is 14.2 Å². The van der Waals surface area contributed by atoms with Crippen molar-refractivity contribution in [2.45, 2.75) is 0 Å². The molecule has 1 amide bonds. The fourth-order valence-electron chi connectivity index (χ4n) is 2.66. The van der Waals surface area contributed by atoms with Crippen molar-refractivity contribution in [3.8, 4) is 17.2 Å². The summed E-state index contributed by atoms with van der Waals surface area (Å²) in [5.41, 5.74) is 1.96. The first kappa shape index (κ1) is 19.0. The van der Waals surface area contributed by atoms with Crippen LogP contribution in [0.5, 0.6) is 17.2 Å². The monoisotopic (exact) mass is 379 g/mol. The molecule has 0 aliphatic heterocycles. The van der Waals surface area contributed by atoms with Gasteiger partial charge in [0.05, 0.1) is 33.2 Å². The number of methoxy groups -OCH3 is 3. The predicted molar refractivity (Wildman–Crippen MR) is 108 cm³/mol. The van der Waals surface area contributed by atoms with Crippen molar-refractivity contribution in [2.24, 2.45) is 0 Å². The average molecular weight is 379 g/mol. The van der Waals surface area contributed by atoms with Crippen LogP contribution in [0, 0.1) is 0 Å². The van der Waals surface area contributed by atoms with Crippen LogP contribution in [0.1, 0.15) is 10.4 Å². The molecule has 144 valence electrons. The van der Waals surface area contributed by atoms with Crippen LogP contribution in [0.15, 0.2) is 60.8 Å². The van der Waals surface area contributed by atoms with Gasteiger partial charge in [0.2, 0.25) is 0 Å². The highest BCUT2D eigenvalue weighted by Gasteiger charge is 2.18. The quantitative estimate of drug-likeness (QED) is 0.643. The Hall–Kier alpha value is -3.74. The molecule has 0 aliphatic carbocycles. The lowest BCUT2D eigenvalue weighted by molar-refractivity contribution is 0.102. The van der Waals surface area contributed by atoms with Gasteiger partial charge >= 0.3 is 0 Å². The third-order valence-electron chi connectivity index (χ3n) is 4.02. The first-order chi connectivity index (χ1) is 13.6. The van der Waals surface area contributed by atoms with Gasteiger partial charge in [-0.05, 0) is 36.4 Å². The van der Waals surface area contributed by atoms with Gasteiger partial charge in [-0.15, -0.1) is 0 Å². The van der Waals surface area contributed by atoms with Gasteiger partial charge in [-0.2, -0.15) is 0 Å². The smallest absolute Gasteiger partial charge is 0.264 e. The highest BCUT2D eigenvalue weighted by Crippen LogP contribution is 2.29. The van der Waals surface area contributed by atoms with Crippen LogP contribution >= 0.6 is 0 Å². The zero-order valence-corrected chi connectivity index (χ0v) is 15.9. The number of hydrogen-bond donors (Lipinski definition) is 2. The minimum absolute atomic E-state index is 0.313. The number of amides is 1. The Morgan fingerprint density at radius 2 is 1.57 bits per heavy atom. The van der Waals surface area contributed by atoms with E-state index < -0.39 is 0 Å². The lowest BCUT2D eigenvalue weighted by Crippen LogP contribution is -2.15. The Labute approximate surface area is 163 Å².